The Labute approximate surface area is 208 Å². The van der Waals surface area contributed by atoms with Crippen LogP contribution < -0.4 is 15.2 Å². The fourth-order valence-electron chi connectivity index (χ4n) is 4.58. The van der Waals surface area contributed by atoms with Gasteiger partial charge < -0.3 is 19.8 Å². The van der Waals surface area contributed by atoms with E-state index in [2.05, 4.69) is 27.2 Å². The molecule has 0 atom stereocenters. The van der Waals surface area contributed by atoms with Crippen LogP contribution in [0.1, 0.15) is 26.7 Å². The van der Waals surface area contributed by atoms with E-state index < -0.39 is 10.0 Å². The third-order valence-electron chi connectivity index (χ3n) is 6.29. The Morgan fingerprint density at radius 2 is 1.83 bits per heavy atom. The largest absolute Gasteiger partial charge is 0.493 e. The van der Waals surface area contributed by atoms with Gasteiger partial charge in [0.05, 0.1) is 42.5 Å². The lowest BCUT2D eigenvalue weighted by molar-refractivity contribution is 0.0358. The van der Waals surface area contributed by atoms with Crippen LogP contribution in [0.3, 0.4) is 0 Å². The lowest BCUT2D eigenvalue weighted by Crippen LogP contribution is -2.37. The normalized spacial score (nSPS) is 14.9. The molecule has 0 radical (unpaired) electrons. The molecular weight excluding hydrogens is 464 g/mol. The highest BCUT2D eigenvalue weighted by molar-refractivity contribution is 7.92. The minimum atomic E-state index is -3.33. The minimum absolute atomic E-state index is 0.101. The highest BCUT2D eigenvalue weighted by Crippen LogP contribution is 2.38. The number of nitrogen functional groups attached to an aromatic ring is 1. The predicted molar refractivity (Wildman–Crippen MR) is 143 cm³/mol. The summed E-state index contributed by atoms with van der Waals surface area (Å²) in [6.45, 7) is 9.95. The Morgan fingerprint density at radius 1 is 1.09 bits per heavy atom. The first-order valence-corrected chi connectivity index (χ1v) is 14.0. The molecule has 0 bridgehead atoms. The fraction of sp³-hybridized carbons (Fsp3) is 0.462. The summed E-state index contributed by atoms with van der Waals surface area (Å²) in [4.78, 5) is 2.41. The zero-order valence-corrected chi connectivity index (χ0v) is 21.4. The molecule has 8 nitrogen and oxygen atoms in total. The molecular formula is C26H36N4O4S. The molecule has 0 spiro atoms. The summed E-state index contributed by atoms with van der Waals surface area (Å²) in [5.41, 5.74) is 10.7. The number of nitrogens with zero attached hydrogens (tertiary/aromatic N) is 2. The summed E-state index contributed by atoms with van der Waals surface area (Å²) in [6, 6.07) is 13.4. The lowest BCUT2D eigenvalue weighted by Gasteiger charge is -2.26. The SMILES string of the molecule is CCCS(=O)(=O)Nc1ccc(-c2c(N)c3ccc(OCCCN4CCOCC4)cc3n2CC)cc1. The quantitative estimate of drug-likeness (QED) is 0.384. The maximum Gasteiger partial charge on any atom is 0.232 e. The van der Waals surface area contributed by atoms with E-state index in [4.69, 9.17) is 15.2 Å². The second kappa shape index (κ2) is 11.3. The zero-order valence-electron chi connectivity index (χ0n) is 20.6. The topological polar surface area (TPSA) is 98.8 Å². The molecule has 0 unspecified atom stereocenters. The van der Waals surface area contributed by atoms with Gasteiger partial charge in [-0.15, -0.1) is 0 Å². The number of nitrogens with two attached hydrogens (primary N) is 1. The molecule has 2 heterocycles. The van der Waals surface area contributed by atoms with Crippen LogP contribution in [-0.2, 0) is 21.3 Å². The fourth-order valence-corrected chi connectivity index (χ4v) is 5.72. The molecule has 4 rings (SSSR count). The third-order valence-corrected chi connectivity index (χ3v) is 7.78. The maximum atomic E-state index is 12.1. The predicted octanol–water partition coefficient (Wildman–Crippen LogP) is 4.16. The molecule has 0 aliphatic carbocycles. The highest BCUT2D eigenvalue weighted by atomic mass is 32.2. The Kier molecular flexibility index (Phi) is 8.20. The second-order valence-corrected chi connectivity index (χ2v) is 10.7. The molecule has 0 amide bonds. The molecule has 1 fully saturated rings. The van der Waals surface area contributed by atoms with Crippen molar-refractivity contribution in [1.82, 2.24) is 9.47 Å². The van der Waals surface area contributed by atoms with E-state index in [0.717, 1.165) is 73.7 Å². The van der Waals surface area contributed by atoms with Crippen molar-refractivity contribution in [2.24, 2.45) is 0 Å². The van der Waals surface area contributed by atoms with Gasteiger partial charge in [0, 0.05) is 48.9 Å². The van der Waals surface area contributed by atoms with Crippen molar-refractivity contribution in [3.8, 4) is 17.0 Å². The molecule has 3 aromatic rings. The first-order chi connectivity index (χ1) is 16.9. The Bertz CT molecular complexity index is 1230. The molecule has 1 aliphatic rings. The highest BCUT2D eigenvalue weighted by Gasteiger charge is 2.17. The Balaban J connectivity index is 1.50. The molecule has 1 aliphatic heterocycles. The summed E-state index contributed by atoms with van der Waals surface area (Å²) in [7, 11) is -3.33. The minimum Gasteiger partial charge on any atom is -0.493 e. The maximum absolute atomic E-state index is 12.1. The monoisotopic (exact) mass is 500 g/mol. The van der Waals surface area contributed by atoms with Crippen molar-refractivity contribution in [3.63, 3.8) is 0 Å². The van der Waals surface area contributed by atoms with E-state index in [0.29, 0.717) is 24.4 Å². The number of rotatable bonds is 11. The van der Waals surface area contributed by atoms with Gasteiger partial charge in [-0.25, -0.2) is 8.42 Å². The zero-order chi connectivity index (χ0) is 24.8. The number of hydrogen-bond acceptors (Lipinski definition) is 6. The Hall–Kier alpha value is -2.75. The van der Waals surface area contributed by atoms with E-state index >= 15 is 0 Å². The van der Waals surface area contributed by atoms with Crippen molar-refractivity contribution < 1.29 is 17.9 Å². The van der Waals surface area contributed by atoms with Crippen LogP contribution in [0.5, 0.6) is 5.75 Å². The van der Waals surface area contributed by atoms with E-state index in [1.54, 1.807) is 12.1 Å². The average Bonchev–Trinajstić information content (AvgIpc) is 3.13. The first-order valence-electron chi connectivity index (χ1n) is 12.4. The van der Waals surface area contributed by atoms with Crippen LogP contribution in [-0.4, -0.2) is 63.1 Å². The number of hydrogen-bond donors (Lipinski definition) is 2. The summed E-state index contributed by atoms with van der Waals surface area (Å²) >= 11 is 0. The molecule has 1 aromatic heterocycles. The van der Waals surface area contributed by atoms with Crippen molar-refractivity contribution in [2.75, 3.05) is 55.7 Å². The number of fused-ring (bicyclic) bond motifs is 1. The number of ether oxygens (including phenoxy) is 2. The van der Waals surface area contributed by atoms with E-state index in [-0.39, 0.29) is 5.75 Å². The smallest absolute Gasteiger partial charge is 0.232 e. The summed E-state index contributed by atoms with van der Waals surface area (Å²) in [6.07, 6.45) is 1.54. The van der Waals surface area contributed by atoms with Crippen LogP contribution in [0.25, 0.3) is 22.2 Å². The number of morpholine rings is 1. The molecule has 1 saturated heterocycles. The van der Waals surface area contributed by atoms with E-state index in [1.165, 1.54) is 0 Å². The van der Waals surface area contributed by atoms with Crippen LogP contribution in [0, 0.1) is 0 Å². The van der Waals surface area contributed by atoms with Crippen LogP contribution in [0.2, 0.25) is 0 Å². The molecule has 2 aromatic carbocycles. The van der Waals surface area contributed by atoms with Crippen molar-refractivity contribution >= 4 is 32.3 Å². The Morgan fingerprint density at radius 3 is 2.51 bits per heavy atom. The average molecular weight is 501 g/mol. The van der Waals surface area contributed by atoms with Gasteiger partial charge in [0.2, 0.25) is 10.0 Å². The molecule has 9 heteroatoms. The van der Waals surface area contributed by atoms with Gasteiger partial charge in [0.15, 0.2) is 0 Å². The van der Waals surface area contributed by atoms with Crippen molar-refractivity contribution in [1.29, 1.82) is 0 Å². The van der Waals surface area contributed by atoms with Gasteiger partial charge in [-0.05, 0) is 44.0 Å². The van der Waals surface area contributed by atoms with Crippen LogP contribution in [0.15, 0.2) is 42.5 Å². The standard InChI is InChI=1S/C26H36N4O4S/c1-3-18-35(31,32)28-21-8-6-20(7-9-21)26-25(27)23-11-10-22(19-24(23)30(26)4-2)34-15-5-12-29-13-16-33-17-14-29/h6-11,19,28H,3-5,12-18,27H2,1-2H3. The number of benzene rings is 2. The number of aromatic nitrogens is 1. The van der Waals surface area contributed by atoms with Gasteiger partial charge in [-0.2, -0.15) is 0 Å². The van der Waals surface area contributed by atoms with Crippen LogP contribution in [0.4, 0.5) is 11.4 Å². The number of anilines is 2. The third kappa shape index (κ3) is 6.09. The first kappa shape index (κ1) is 25.3. The molecule has 35 heavy (non-hydrogen) atoms. The van der Waals surface area contributed by atoms with Crippen molar-refractivity contribution in [2.45, 2.75) is 33.2 Å². The van der Waals surface area contributed by atoms with Crippen LogP contribution >= 0.6 is 0 Å². The lowest BCUT2D eigenvalue weighted by atomic mass is 10.1. The number of aryl methyl sites for hydroxylation is 1. The number of sulfonamides is 1. The van der Waals surface area contributed by atoms with Gasteiger partial charge in [-0.3, -0.25) is 9.62 Å². The van der Waals surface area contributed by atoms with Gasteiger partial charge in [0.25, 0.3) is 0 Å². The van der Waals surface area contributed by atoms with E-state index in [1.807, 2.05) is 31.2 Å². The van der Waals surface area contributed by atoms with Gasteiger partial charge in [-0.1, -0.05) is 19.1 Å². The molecule has 0 saturated carbocycles. The summed E-state index contributed by atoms with van der Waals surface area (Å²) < 4.78 is 40.4. The van der Waals surface area contributed by atoms with E-state index in [9.17, 15) is 8.42 Å². The molecule has 190 valence electrons. The molecule has 3 N–H and O–H groups in total. The summed E-state index contributed by atoms with van der Waals surface area (Å²) in [5, 5.41) is 0.982. The van der Waals surface area contributed by atoms with Gasteiger partial charge in [0.1, 0.15) is 5.75 Å². The van der Waals surface area contributed by atoms with Gasteiger partial charge >= 0.3 is 0 Å². The van der Waals surface area contributed by atoms with Crippen molar-refractivity contribution in [3.05, 3.63) is 42.5 Å². The summed E-state index contributed by atoms with van der Waals surface area (Å²) in [5.74, 6) is 0.933. The second-order valence-electron chi connectivity index (χ2n) is 8.84. The number of nitrogens with one attached hydrogen (secondary N) is 1.